The summed E-state index contributed by atoms with van der Waals surface area (Å²) in [6, 6.07) is 0. The van der Waals surface area contributed by atoms with Gasteiger partial charge in [-0.1, -0.05) is 38.5 Å². The summed E-state index contributed by atoms with van der Waals surface area (Å²) >= 11 is 0. The van der Waals surface area contributed by atoms with Crippen molar-refractivity contribution >= 4 is 5.91 Å². The third-order valence-corrected chi connectivity index (χ3v) is 3.66. The predicted molar refractivity (Wildman–Crippen MR) is 71.7 cm³/mol. The van der Waals surface area contributed by atoms with Gasteiger partial charge in [0.2, 0.25) is 5.91 Å². The first-order valence-electron chi connectivity index (χ1n) is 7.32. The lowest BCUT2D eigenvalue weighted by Crippen LogP contribution is -2.31. The fraction of sp³-hybridized carbons (Fsp3) is 0.929. The minimum absolute atomic E-state index is 0.293. The van der Waals surface area contributed by atoms with E-state index < -0.39 is 0 Å². The summed E-state index contributed by atoms with van der Waals surface area (Å²) in [5.74, 6) is 0.590. The molecule has 3 N–H and O–H groups in total. The molecular formula is C14H28N2O. The predicted octanol–water partition coefficient (Wildman–Crippen LogP) is 2.59. The van der Waals surface area contributed by atoms with Crippen molar-refractivity contribution in [2.24, 2.45) is 11.7 Å². The summed E-state index contributed by atoms with van der Waals surface area (Å²) in [5, 5.41) is 3.09. The van der Waals surface area contributed by atoms with Crippen LogP contribution < -0.4 is 11.1 Å². The van der Waals surface area contributed by atoms with Gasteiger partial charge in [0.25, 0.3) is 0 Å². The second kappa shape index (κ2) is 9.46. The molecule has 1 aliphatic carbocycles. The van der Waals surface area contributed by atoms with Crippen LogP contribution in [0.2, 0.25) is 0 Å². The highest BCUT2D eigenvalue weighted by Crippen LogP contribution is 2.22. The quantitative estimate of drug-likeness (QED) is 0.531. The SMILES string of the molecule is NCCCCCCNC(=O)C1CCCCCC1. The minimum atomic E-state index is 0.293. The molecule has 1 amide bonds. The molecule has 100 valence electrons. The van der Waals surface area contributed by atoms with Crippen LogP contribution in [0.25, 0.3) is 0 Å². The van der Waals surface area contributed by atoms with E-state index in [1.54, 1.807) is 0 Å². The summed E-state index contributed by atoms with van der Waals surface area (Å²) in [5.41, 5.74) is 5.43. The fourth-order valence-corrected chi connectivity index (χ4v) is 2.52. The van der Waals surface area contributed by atoms with Crippen LogP contribution in [0.1, 0.15) is 64.2 Å². The zero-order chi connectivity index (χ0) is 12.3. The maximum atomic E-state index is 11.9. The first-order chi connectivity index (χ1) is 8.34. The van der Waals surface area contributed by atoms with Gasteiger partial charge in [0.05, 0.1) is 0 Å². The molecule has 0 spiro atoms. The summed E-state index contributed by atoms with van der Waals surface area (Å²) in [4.78, 5) is 11.9. The van der Waals surface area contributed by atoms with Crippen LogP contribution in [0.5, 0.6) is 0 Å². The summed E-state index contributed by atoms with van der Waals surface area (Å²) in [6.07, 6.45) is 11.8. The Labute approximate surface area is 106 Å². The molecule has 0 saturated heterocycles. The zero-order valence-corrected chi connectivity index (χ0v) is 11.0. The molecule has 0 aromatic rings. The highest BCUT2D eigenvalue weighted by molar-refractivity contribution is 5.78. The molecule has 17 heavy (non-hydrogen) atoms. The highest BCUT2D eigenvalue weighted by Gasteiger charge is 2.19. The van der Waals surface area contributed by atoms with Gasteiger partial charge in [0, 0.05) is 12.5 Å². The molecule has 3 nitrogen and oxygen atoms in total. The fourth-order valence-electron chi connectivity index (χ4n) is 2.52. The van der Waals surface area contributed by atoms with Crippen LogP contribution in [0, 0.1) is 5.92 Å². The summed E-state index contributed by atoms with van der Waals surface area (Å²) < 4.78 is 0. The Morgan fingerprint density at radius 2 is 1.65 bits per heavy atom. The molecule has 0 unspecified atom stereocenters. The molecule has 3 heteroatoms. The van der Waals surface area contributed by atoms with Gasteiger partial charge in [-0.2, -0.15) is 0 Å². The normalized spacial score (nSPS) is 17.7. The molecule has 1 fully saturated rings. The number of nitrogens with two attached hydrogens (primary N) is 1. The van der Waals surface area contributed by atoms with Crippen LogP contribution in [0.4, 0.5) is 0 Å². The molecule has 0 aliphatic heterocycles. The van der Waals surface area contributed by atoms with Gasteiger partial charge >= 0.3 is 0 Å². The number of nitrogens with one attached hydrogen (secondary N) is 1. The third kappa shape index (κ3) is 6.67. The number of carbonyl (C=O) groups excluding carboxylic acids is 1. The van der Waals surface area contributed by atoms with Crippen molar-refractivity contribution in [1.82, 2.24) is 5.32 Å². The monoisotopic (exact) mass is 240 g/mol. The van der Waals surface area contributed by atoms with Gasteiger partial charge < -0.3 is 11.1 Å². The van der Waals surface area contributed by atoms with E-state index >= 15 is 0 Å². The van der Waals surface area contributed by atoms with Crippen LogP contribution in [-0.4, -0.2) is 19.0 Å². The average molecular weight is 240 g/mol. The molecule has 1 aliphatic rings. The van der Waals surface area contributed by atoms with E-state index in [1.807, 2.05) is 0 Å². The van der Waals surface area contributed by atoms with Gasteiger partial charge in [-0.05, 0) is 32.2 Å². The molecular weight excluding hydrogens is 212 g/mol. The molecule has 0 radical (unpaired) electrons. The van der Waals surface area contributed by atoms with Crippen LogP contribution in [-0.2, 0) is 4.79 Å². The average Bonchev–Trinajstić information content (AvgIpc) is 2.62. The van der Waals surface area contributed by atoms with Gasteiger partial charge in [-0.3, -0.25) is 4.79 Å². The Morgan fingerprint density at radius 3 is 2.29 bits per heavy atom. The lowest BCUT2D eigenvalue weighted by Gasteiger charge is -2.13. The number of rotatable bonds is 7. The largest absolute Gasteiger partial charge is 0.356 e. The first kappa shape index (κ1) is 14.5. The second-order valence-electron chi connectivity index (χ2n) is 5.18. The maximum absolute atomic E-state index is 11.9. The summed E-state index contributed by atoms with van der Waals surface area (Å²) in [7, 11) is 0. The summed E-state index contributed by atoms with van der Waals surface area (Å²) in [6.45, 7) is 1.63. The van der Waals surface area contributed by atoms with Crippen molar-refractivity contribution in [3.8, 4) is 0 Å². The number of hydrogen-bond donors (Lipinski definition) is 2. The van der Waals surface area contributed by atoms with Gasteiger partial charge in [-0.15, -0.1) is 0 Å². The number of amides is 1. The van der Waals surface area contributed by atoms with E-state index in [2.05, 4.69) is 5.32 Å². The number of carbonyl (C=O) groups is 1. The van der Waals surface area contributed by atoms with Crippen molar-refractivity contribution in [2.75, 3.05) is 13.1 Å². The van der Waals surface area contributed by atoms with Crippen molar-refractivity contribution in [2.45, 2.75) is 64.2 Å². The Hall–Kier alpha value is -0.570. The van der Waals surface area contributed by atoms with E-state index in [1.165, 1.54) is 38.5 Å². The van der Waals surface area contributed by atoms with E-state index in [9.17, 15) is 4.79 Å². The van der Waals surface area contributed by atoms with Crippen molar-refractivity contribution in [1.29, 1.82) is 0 Å². The van der Waals surface area contributed by atoms with E-state index in [4.69, 9.17) is 5.73 Å². The van der Waals surface area contributed by atoms with Crippen LogP contribution in [0.3, 0.4) is 0 Å². The molecule has 0 aromatic heterocycles. The lowest BCUT2D eigenvalue weighted by atomic mass is 9.99. The number of unbranched alkanes of at least 4 members (excludes halogenated alkanes) is 3. The first-order valence-corrected chi connectivity index (χ1v) is 7.32. The topological polar surface area (TPSA) is 55.1 Å². The lowest BCUT2D eigenvalue weighted by molar-refractivity contribution is -0.125. The zero-order valence-electron chi connectivity index (χ0n) is 11.0. The molecule has 1 saturated carbocycles. The number of hydrogen-bond acceptors (Lipinski definition) is 2. The third-order valence-electron chi connectivity index (χ3n) is 3.66. The van der Waals surface area contributed by atoms with Gasteiger partial charge in [-0.25, -0.2) is 0 Å². The molecule has 1 rings (SSSR count). The van der Waals surface area contributed by atoms with Gasteiger partial charge in [0.1, 0.15) is 0 Å². The Balaban J connectivity index is 2.03. The van der Waals surface area contributed by atoms with Crippen LogP contribution in [0.15, 0.2) is 0 Å². The van der Waals surface area contributed by atoms with Crippen molar-refractivity contribution in [3.05, 3.63) is 0 Å². The Kier molecular flexibility index (Phi) is 8.06. The van der Waals surface area contributed by atoms with Crippen molar-refractivity contribution in [3.63, 3.8) is 0 Å². The Morgan fingerprint density at radius 1 is 1.00 bits per heavy atom. The molecule has 0 atom stereocenters. The maximum Gasteiger partial charge on any atom is 0.223 e. The molecule has 0 heterocycles. The van der Waals surface area contributed by atoms with E-state index in [-0.39, 0.29) is 0 Å². The van der Waals surface area contributed by atoms with E-state index in [0.29, 0.717) is 11.8 Å². The Bertz CT molecular complexity index is 198. The smallest absolute Gasteiger partial charge is 0.223 e. The second-order valence-corrected chi connectivity index (χ2v) is 5.18. The molecule has 0 bridgehead atoms. The van der Waals surface area contributed by atoms with E-state index in [0.717, 1.165) is 38.8 Å². The van der Waals surface area contributed by atoms with Crippen LogP contribution >= 0.6 is 0 Å². The van der Waals surface area contributed by atoms with Crippen molar-refractivity contribution < 1.29 is 4.79 Å². The standard InChI is InChI=1S/C14H28N2O/c15-11-7-3-4-8-12-16-14(17)13-9-5-1-2-6-10-13/h13H,1-12,15H2,(H,16,17). The van der Waals surface area contributed by atoms with Gasteiger partial charge in [0.15, 0.2) is 0 Å². The molecule has 0 aromatic carbocycles. The highest BCUT2D eigenvalue weighted by atomic mass is 16.1. The minimum Gasteiger partial charge on any atom is -0.356 e.